The van der Waals surface area contributed by atoms with E-state index in [1.54, 1.807) is 42.5 Å². The average Bonchev–Trinajstić information content (AvgIpc) is 2.29. The number of pyridine rings is 1. The Morgan fingerprint density at radius 3 is 2.65 bits per heavy atom. The van der Waals surface area contributed by atoms with E-state index < -0.39 is 0 Å². The maximum atomic E-state index is 12.0. The van der Waals surface area contributed by atoms with E-state index in [9.17, 15) is 4.79 Å². The molecule has 0 aliphatic carbocycles. The molecule has 2 N–H and O–H groups in total. The van der Waals surface area contributed by atoms with Crippen LogP contribution in [0.15, 0.2) is 42.5 Å². The van der Waals surface area contributed by atoms with Crippen molar-refractivity contribution in [2.75, 3.05) is 5.73 Å². The Bertz CT molecular complexity index is 555. The van der Waals surface area contributed by atoms with Crippen LogP contribution < -0.4 is 5.73 Å². The summed E-state index contributed by atoms with van der Waals surface area (Å²) in [4.78, 5) is 16.1. The van der Waals surface area contributed by atoms with E-state index in [4.69, 9.17) is 17.3 Å². The molecule has 1 aromatic carbocycles. The first-order chi connectivity index (χ1) is 8.16. The third-order valence-electron chi connectivity index (χ3n) is 2.34. The molecule has 1 heterocycles. The number of Topliss-reactive ketones (excluding diaryl/α,β-unsaturated/α-hetero) is 1. The lowest BCUT2D eigenvalue weighted by Gasteiger charge is -2.03. The molecular weight excluding hydrogens is 236 g/mol. The molecule has 1 aromatic heterocycles. The highest BCUT2D eigenvalue weighted by Gasteiger charge is 2.11. The van der Waals surface area contributed by atoms with Crippen molar-refractivity contribution < 1.29 is 4.79 Å². The van der Waals surface area contributed by atoms with Crippen molar-refractivity contribution in [1.82, 2.24) is 4.98 Å². The van der Waals surface area contributed by atoms with E-state index in [2.05, 4.69) is 4.98 Å². The maximum Gasteiger partial charge on any atom is 0.170 e. The van der Waals surface area contributed by atoms with Crippen LogP contribution in [0.1, 0.15) is 16.1 Å². The first-order valence-electron chi connectivity index (χ1n) is 5.16. The van der Waals surface area contributed by atoms with Crippen LogP contribution in [0.4, 0.5) is 5.82 Å². The Morgan fingerprint density at radius 2 is 1.94 bits per heavy atom. The number of nitrogens with two attached hydrogens (primary N) is 1. The summed E-state index contributed by atoms with van der Waals surface area (Å²) in [5.74, 6) is 0.350. The molecule has 0 radical (unpaired) electrons. The van der Waals surface area contributed by atoms with Gasteiger partial charge in [-0.05, 0) is 24.3 Å². The summed E-state index contributed by atoms with van der Waals surface area (Å²) in [5.41, 5.74) is 6.71. The molecular formula is C13H11ClN2O. The van der Waals surface area contributed by atoms with Crippen LogP contribution >= 0.6 is 11.6 Å². The Labute approximate surface area is 104 Å². The van der Waals surface area contributed by atoms with Crippen LogP contribution in [0.2, 0.25) is 5.02 Å². The minimum absolute atomic E-state index is 0.0614. The number of ketones is 1. The van der Waals surface area contributed by atoms with Gasteiger partial charge >= 0.3 is 0 Å². The smallest absolute Gasteiger partial charge is 0.170 e. The van der Waals surface area contributed by atoms with Crippen molar-refractivity contribution >= 4 is 23.2 Å². The molecule has 0 saturated heterocycles. The number of carbonyl (C=O) groups is 1. The molecule has 0 atom stereocenters. The van der Waals surface area contributed by atoms with Gasteiger partial charge in [0.05, 0.1) is 17.1 Å². The molecule has 86 valence electrons. The molecule has 2 aromatic rings. The van der Waals surface area contributed by atoms with E-state index >= 15 is 0 Å². The lowest BCUT2D eigenvalue weighted by Crippen LogP contribution is -2.06. The van der Waals surface area contributed by atoms with Gasteiger partial charge in [-0.3, -0.25) is 4.79 Å². The lowest BCUT2D eigenvalue weighted by atomic mass is 10.1. The first-order valence-corrected chi connectivity index (χ1v) is 5.54. The summed E-state index contributed by atoms with van der Waals surface area (Å²) >= 11 is 5.95. The fourth-order valence-corrected chi connectivity index (χ4v) is 1.78. The largest absolute Gasteiger partial charge is 0.384 e. The first kappa shape index (κ1) is 11.6. The molecule has 0 spiro atoms. The van der Waals surface area contributed by atoms with Gasteiger partial charge in [0.1, 0.15) is 5.82 Å². The molecule has 0 fully saturated rings. The summed E-state index contributed by atoms with van der Waals surface area (Å²) < 4.78 is 0. The third kappa shape index (κ3) is 2.82. The highest BCUT2D eigenvalue weighted by Crippen LogP contribution is 2.17. The fraction of sp³-hybridized carbons (Fsp3) is 0.0769. The van der Waals surface area contributed by atoms with Gasteiger partial charge in [-0.25, -0.2) is 4.98 Å². The van der Waals surface area contributed by atoms with E-state index in [1.807, 2.05) is 0 Å². The Hall–Kier alpha value is -1.87. The summed E-state index contributed by atoms with van der Waals surface area (Å²) in [6, 6.07) is 12.2. The minimum atomic E-state index is -0.0614. The maximum absolute atomic E-state index is 12.0. The monoisotopic (exact) mass is 246 g/mol. The van der Waals surface area contributed by atoms with Crippen molar-refractivity contribution in [2.24, 2.45) is 0 Å². The van der Waals surface area contributed by atoms with Crippen LogP contribution in [-0.2, 0) is 6.42 Å². The second-order valence-electron chi connectivity index (χ2n) is 3.63. The zero-order valence-corrected chi connectivity index (χ0v) is 9.82. The van der Waals surface area contributed by atoms with Crippen LogP contribution in [-0.4, -0.2) is 10.8 Å². The van der Waals surface area contributed by atoms with E-state index in [1.165, 1.54) is 0 Å². The Morgan fingerprint density at radius 1 is 1.18 bits per heavy atom. The predicted octanol–water partition coefficient (Wildman–Crippen LogP) is 2.74. The normalized spacial score (nSPS) is 10.2. The average molecular weight is 247 g/mol. The number of carbonyl (C=O) groups excluding carboxylic acids is 1. The molecule has 0 saturated carbocycles. The van der Waals surface area contributed by atoms with Gasteiger partial charge in [-0.15, -0.1) is 0 Å². The summed E-state index contributed by atoms with van der Waals surface area (Å²) in [5, 5.41) is 0.460. The van der Waals surface area contributed by atoms with Crippen LogP contribution in [0.5, 0.6) is 0 Å². The quantitative estimate of drug-likeness (QED) is 0.848. The van der Waals surface area contributed by atoms with Gasteiger partial charge in [0.25, 0.3) is 0 Å². The van der Waals surface area contributed by atoms with Gasteiger partial charge in [0, 0.05) is 5.56 Å². The van der Waals surface area contributed by atoms with Gasteiger partial charge in [0.15, 0.2) is 5.78 Å². The van der Waals surface area contributed by atoms with Crippen molar-refractivity contribution in [3.63, 3.8) is 0 Å². The second kappa shape index (κ2) is 4.97. The van der Waals surface area contributed by atoms with Crippen molar-refractivity contribution in [3.8, 4) is 0 Å². The van der Waals surface area contributed by atoms with Gasteiger partial charge in [-0.1, -0.05) is 29.8 Å². The zero-order valence-electron chi connectivity index (χ0n) is 9.06. The van der Waals surface area contributed by atoms with E-state index in [0.717, 1.165) is 0 Å². The third-order valence-corrected chi connectivity index (χ3v) is 2.67. The number of anilines is 1. The van der Waals surface area contributed by atoms with Crippen molar-refractivity contribution in [1.29, 1.82) is 0 Å². The standard InChI is InChI=1S/C13H11ClN2O/c14-11-6-2-1-5-10(11)12(17)8-9-4-3-7-13(15)16-9/h1-7H,8H2,(H2,15,16). The number of hydrogen-bond donors (Lipinski definition) is 1. The molecule has 3 nitrogen and oxygen atoms in total. The Balaban J connectivity index is 2.20. The van der Waals surface area contributed by atoms with Crippen LogP contribution in [0.3, 0.4) is 0 Å². The predicted molar refractivity (Wildman–Crippen MR) is 68.1 cm³/mol. The SMILES string of the molecule is Nc1cccc(CC(=O)c2ccccc2Cl)n1. The number of nitrogen functional groups attached to an aromatic ring is 1. The highest BCUT2D eigenvalue weighted by molar-refractivity contribution is 6.34. The number of benzene rings is 1. The Kier molecular flexibility index (Phi) is 3.40. The van der Waals surface area contributed by atoms with Gasteiger partial charge in [-0.2, -0.15) is 0 Å². The number of halogens is 1. The number of hydrogen-bond acceptors (Lipinski definition) is 3. The molecule has 0 aliphatic rings. The summed E-state index contributed by atoms with van der Waals surface area (Å²) in [7, 11) is 0. The molecule has 0 bridgehead atoms. The summed E-state index contributed by atoms with van der Waals surface area (Å²) in [6.07, 6.45) is 0.203. The molecule has 2 rings (SSSR count). The highest BCUT2D eigenvalue weighted by atomic mass is 35.5. The molecule has 0 aliphatic heterocycles. The number of aromatic nitrogens is 1. The van der Waals surface area contributed by atoms with Gasteiger partial charge < -0.3 is 5.73 Å². The van der Waals surface area contributed by atoms with Gasteiger partial charge in [0.2, 0.25) is 0 Å². The van der Waals surface area contributed by atoms with Crippen molar-refractivity contribution in [3.05, 3.63) is 58.7 Å². The minimum Gasteiger partial charge on any atom is -0.384 e. The number of rotatable bonds is 3. The van der Waals surface area contributed by atoms with Crippen LogP contribution in [0, 0.1) is 0 Å². The lowest BCUT2D eigenvalue weighted by molar-refractivity contribution is 0.0992. The van der Waals surface area contributed by atoms with Crippen LogP contribution in [0.25, 0.3) is 0 Å². The van der Waals surface area contributed by atoms with Crippen molar-refractivity contribution in [2.45, 2.75) is 6.42 Å². The van der Waals surface area contributed by atoms with E-state index in [-0.39, 0.29) is 12.2 Å². The molecule has 0 amide bonds. The summed E-state index contributed by atoms with van der Waals surface area (Å²) in [6.45, 7) is 0. The second-order valence-corrected chi connectivity index (χ2v) is 4.04. The number of nitrogens with zero attached hydrogens (tertiary/aromatic N) is 1. The zero-order chi connectivity index (χ0) is 12.3. The topological polar surface area (TPSA) is 56.0 Å². The molecule has 4 heteroatoms. The molecule has 17 heavy (non-hydrogen) atoms. The molecule has 0 unspecified atom stereocenters. The fourth-order valence-electron chi connectivity index (χ4n) is 1.54. The van der Waals surface area contributed by atoms with E-state index in [0.29, 0.717) is 22.1 Å².